The van der Waals surface area contributed by atoms with Crippen LogP contribution in [0.1, 0.15) is 151 Å². The first kappa shape index (κ1) is 39.1. The Morgan fingerprint density at radius 1 is 0.571 bits per heavy atom. The Labute approximate surface area is 253 Å². The van der Waals surface area contributed by atoms with Gasteiger partial charge in [-0.25, -0.2) is 9.59 Å². The highest BCUT2D eigenvalue weighted by molar-refractivity contribution is 6.03. The Hall–Kier alpha value is -2.90. The second-order valence-corrected chi connectivity index (χ2v) is 11.0. The molecule has 42 heavy (non-hydrogen) atoms. The number of ether oxygens (including phenoxy) is 2. The molecular weight excluding hydrogens is 536 g/mol. The van der Waals surface area contributed by atoms with E-state index in [9.17, 15) is 19.2 Å². The fourth-order valence-corrected chi connectivity index (χ4v) is 4.74. The minimum Gasteiger partial charge on any atom is -0.481 e. The van der Waals surface area contributed by atoms with Crippen molar-refractivity contribution < 1.29 is 38.9 Å². The minimum absolute atomic E-state index is 0.0628. The highest BCUT2D eigenvalue weighted by atomic mass is 16.5. The van der Waals surface area contributed by atoms with Gasteiger partial charge in [-0.05, 0) is 62.5 Å². The van der Waals surface area contributed by atoms with Crippen molar-refractivity contribution in [1.82, 2.24) is 0 Å². The molecule has 0 aliphatic heterocycles. The maximum absolute atomic E-state index is 12.8. The van der Waals surface area contributed by atoms with E-state index in [-0.39, 0.29) is 12.8 Å². The van der Waals surface area contributed by atoms with Crippen LogP contribution in [0.15, 0.2) is 24.3 Å². The van der Waals surface area contributed by atoms with Gasteiger partial charge in [0.25, 0.3) is 0 Å². The number of carboxylic acids is 2. The number of aliphatic carboxylic acids is 2. The number of rotatable bonds is 23. The summed E-state index contributed by atoms with van der Waals surface area (Å²) in [4.78, 5) is 45.4. The van der Waals surface area contributed by atoms with E-state index in [4.69, 9.17) is 19.7 Å². The molecule has 0 heterocycles. The van der Waals surface area contributed by atoms with Gasteiger partial charge in [0.15, 0.2) is 0 Å². The van der Waals surface area contributed by atoms with E-state index in [1.165, 1.54) is 38.5 Å². The lowest BCUT2D eigenvalue weighted by atomic mass is 9.97. The van der Waals surface area contributed by atoms with E-state index < -0.39 is 23.9 Å². The van der Waals surface area contributed by atoms with Crippen molar-refractivity contribution in [3.63, 3.8) is 0 Å². The van der Waals surface area contributed by atoms with Gasteiger partial charge >= 0.3 is 23.9 Å². The standard InChI is InChI=1S/C28H46O4.C6H10O4/c1-5-9-11-17-23(15-7-3)21-31-27(29)25-19-13-14-20-26(25)28(30)32-22-24(16-8-4)18-12-10-6-2;7-5(8)3-1-2-4-6(9)10/h13-14,19-20,23-24H,5-12,15-18,21-22H2,1-4H3;1-4H2,(H,7,8)(H,9,10). The maximum Gasteiger partial charge on any atom is 0.339 e. The van der Waals surface area contributed by atoms with Crippen LogP contribution in [0.25, 0.3) is 0 Å². The SMILES string of the molecule is CCCCCC(CCC)COC(=O)c1ccccc1C(=O)OCC(CCC)CCCCC.O=C(O)CCCCC(=O)O. The van der Waals surface area contributed by atoms with Crippen LogP contribution in [0.5, 0.6) is 0 Å². The predicted octanol–water partition coefficient (Wildman–Crippen LogP) is 8.71. The zero-order valence-corrected chi connectivity index (χ0v) is 26.5. The van der Waals surface area contributed by atoms with Gasteiger partial charge in [0.1, 0.15) is 0 Å². The first-order chi connectivity index (χ1) is 20.2. The first-order valence-corrected chi connectivity index (χ1v) is 16.1. The molecule has 0 saturated heterocycles. The molecule has 1 rings (SSSR count). The van der Waals surface area contributed by atoms with E-state index in [1.807, 2.05) is 0 Å². The molecule has 1 aromatic rings. The van der Waals surface area contributed by atoms with Gasteiger partial charge < -0.3 is 19.7 Å². The summed E-state index contributed by atoms with van der Waals surface area (Å²) in [6.07, 6.45) is 14.6. The molecule has 0 aromatic heterocycles. The molecule has 2 unspecified atom stereocenters. The van der Waals surface area contributed by atoms with Crippen LogP contribution in [-0.4, -0.2) is 47.3 Å². The summed E-state index contributed by atoms with van der Waals surface area (Å²) in [7, 11) is 0. The highest BCUT2D eigenvalue weighted by Gasteiger charge is 2.21. The molecular formula is C34H56O8. The van der Waals surface area contributed by atoms with Crippen molar-refractivity contribution in [1.29, 1.82) is 0 Å². The van der Waals surface area contributed by atoms with E-state index in [0.29, 0.717) is 49.0 Å². The first-order valence-electron chi connectivity index (χ1n) is 16.1. The van der Waals surface area contributed by atoms with Gasteiger partial charge in [0.05, 0.1) is 24.3 Å². The van der Waals surface area contributed by atoms with Crippen LogP contribution >= 0.6 is 0 Å². The van der Waals surface area contributed by atoms with E-state index >= 15 is 0 Å². The molecule has 2 atom stereocenters. The van der Waals surface area contributed by atoms with Crippen LogP contribution in [0.3, 0.4) is 0 Å². The third kappa shape index (κ3) is 20.1. The average Bonchev–Trinajstić information content (AvgIpc) is 2.97. The predicted molar refractivity (Wildman–Crippen MR) is 166 cm³/mol. The Morgan fingerprint density at radius 2 is 0.952 bits per heavy atom. The summed E-state index contributed by atoms with van der Waals surface area (Å²) < 4.78 is 11.3. The molecule has 8 heteroatoms. The molecule has 0 fully saturated rings. The Morgan fingerprint density at radius 3 is 1.26 bits per heavy atom. The molecule has 240 valence electrons. The van der Waals surface area contributed by atoms with Crippen LogP contribution in [0.2, 0.25) is 0 Å². The van der Waals surface area contributed by atoms with E-state index in [1.54, 1.807) is 24.3 Å². The van der Waals surface area contributed by atoms with Crippen molar-refractivity contribution in [2.45, 2.75) is 130 Å². The molecule has 2 N–H and O–H groups in total. The van der Waals surface area contributed by atoms with Gasteiger partial charge in [0, 0.05) is 12.8 Å². The Kier molecular flexibility index (Phi) is 24.0. The van der Waals surface area contributed by atoms with E-state index in [2.05, 4.69) is 27.7 Å². The summed E-state index contributed by atoms with van der Waals surface area (Å²) >= 11 is 0. The number of carbonyl (C=O) groups excluding carboxylic acids is 2. The summed E-state index contributed by atoms with van der Waals surface area (Å²) in [5.41, 5.74) is 0.610. The van der Waals surface area contributed by atoms with Crippen molar-refractivity contribution >= 4 is 23.9 Å². The summed E-state index contributed by atoms with van der Waals surface area (Å²) in [6.45, 7) is 9.54. The largest absolute Gasteiger partial charge is 0.481 e. The molecule has 8 nitrogen and oxygen atoms in total. The monoisotopic (exact) mass is 592 g/mol. The molecule has 0 aliphatic carbocycles. The zero-order chi connectivity index (χ0) is 31.6. The molecule has 0 spiro atoms. The number of hydrogen-bond donors (Lipinski definition) is 2. The fraction of sp³-hybridized carbons (Fsp3) is 0.706. The highest BCUT2D eigenvalue weighted by Crippen LogP contribution is 2.20. The van der Waals surface area contributed by atoms with Crippen LogP contribution in [0.4, 0.5) is 0 Å². The van der Waals surface area contributed by atoms with Crippen molar-refractivity contribution in [2.75, 3.05) is 13.2 Å². The number of esters is 2. The van der Waals surface area contributed by atoms with Gasteiger partial charge in [-0.2, -0.15) is 0 Å². The van der Waals surface area contributed by atoms with Crippen LogP contribution in [-0.2, 0) is 19.1 Å². The second kappa shape index (κ2) is 25.8. The summed E-state index contributed by atoms with van der Waals surface area (Å²) in [6, 6.07) is 6.86. The number of carboxylic acid groups (broad SMARTS) is 2. The number of benzene rings is 1. The Bertz CT molecular complexity index is 811. The molecule has 0 amide bonds. The van der Waals surface area contributed by atoms with Crippen molar-refractivity contribution in [3.05, 3.63) is 35.4 Å². The molecule has 1 aromatic carbocycles. The Balaban J connectivity index is 0.00000143. The quantitative estimate of drug-likeness (QED) is 0.0954. The molecule has 0 radical (unpaired) electrons. The van der Waals surface area contributed by atoms with Crippen LogP contribution in [0, 0.1) is 11.8 Å². The maximum atomic E-state index is 12.8. The number of unbranched alkanes of at least 4 members (excludes halogenated alkanes) is 5. The molecule has 0 aliphatic rings. The fourth-order valence-electron chi connectivity index (χ4n) is 4.74. The van der Waals surface area contributed by atoms with Gasteiger partial charge in [0.2, 0.25) is 0 Å². The lowest BCUT2D eigenvalue weighted by Crippen LogP contribution is -2.19. The summed E-state index contributed by atoms with van der Waals surface area (Å²) in [5, 5.41) is 16.3. The third-order valence-corrected chi connectivity index (χ3v) is 7.12. The second-order valence-electron chi connectivity index (χ2n) is 11.0. The molecule has 0 bridgehead atoms. The average molecular weight is 593 g/mol. The smallest absolute Gasteiger partial charge is 0.339 e. The number of carbonyl (C=O) groups is 4. The summed E-state index contributed by atoms with van der Waals surface area (Å²) in [5.74, 6) is -1.83. The number of hydrogen-bond acceptors (Lipinski definition) is 6. The van der Waals surface area contributed by atoms with Crippen LogP contribution < -0.4 is 0 Å². The van der Waals surface area contributed by atoms with Gasteiger partial charge in [-0.15, -0.1) is 0 Å². The minimum atomic E-state index is -0.870. The van der Waals surface area contributed by atoms with E-state index in [0.717, 1.165) is 38.5 Å². The third-order valence-electron chi connectivity index (χ3n) is 7.12. The lowest BCUT2D eigenvalue weighted by Gasteiger charge is -2.18. The molecule has 0 saturated carbocycles. The topological polar surface area (TPSA) is 127 Å². The van der Waals surface area contributed by atoms with Crippen molar-refractivity contribution in [3.8, 4) is 0 Å². The van der Waals surface area contributed by atoms with Gasteiger partial charge in [-0.1, -0.05) is 91.2 Å². The van der Waals surface area contributed by atoms with Gasteiger partial charge in [-0.3, -0.25) is 9.59 Å². The normalized spacial score (nSPS) is 12.0. The van der Waals surface area contributed by atoms with Crippen molar-refractivity contribution in [2.24, 2.45) is 11.8 Å². The lowest BCUT2D eigenvalue weighted by molar-refractivity contribution is -0.139. The zero-order valence-electron chi connectivity index (χ0n) is 26.5.